The molecule has 0 aliphatic heterocycles. The number of aromatic nitrogens is 2. The smallest absolute Gasteiger partial charge is 0.0925 e. The normalized spacial score (nSPS) is 13.4. The van der Waals surface area contributed by atoms with Crippen molar-refractivity contribution in [3.63, 3.8) is 0 Å². The van der Waals surface area contributed by atoms with Crippen molar-refractivity contribution < 1.29 is 0 Å². The van der Waals surface area contributed by atoms with Crippen LogP contribution in [0.5, 0.6) is 0 Å². The average molecular weight is 153 g/mol. The van der Waals surface area contributed by atoms with Crippen molar-refractivity contribution in [2.75, 3.05) is 0 Å². The van der Waals surface area contributed by atoms with E-state index in [0.717, 1.165) is 24.2 Å². The molecule has 3 N–H and O–H groups in total. The molecule has 0 aliphatic rings. The molecule has 0 aliphatic carbocycles. The van der Waals surface area contributed by atoms with Crippen molar-refractivity contribution in [2.45, 2.75) is 32.7 Å². The molecule has 0 amide bonds. The number of rotatable bonds is 3. The third kappa shape index (κ3) is 2.35. The van der Waals surface area contributed by atoms with Crippen molar-refractivity contribution in [3.8, 4) is 0 Å². The molecule has 0 unspecified atom stereocenters. The number of nitrogens with two attached hydrogens (primary N) is 1. The van der Waals surface area contributed by atoms with Crippen LogP contribution in [-0.4, -0.2) is 16.0 Å². The first-order chi connectivity index (χ1) is 5.20. The highest BCUT2D eigenvalue weighted by atomic mass is 14.9. The lowest BCUT2D eigenvalue weighted by atomic mass is 10.1. The van der Waals surface area contributed by atoms with Gasteiger partial charge in [0.1, 0.15) is 0 Å². The molecule has 0 aromatic carbocycles. The lowest BCUT2D eigenvalue weighted by Gasteiger charge is -2.02. The van der Waals surface area contributed by atoms with Gasteiger partial charge in [0.2, 0.25) is 0 Å². The third-order valence-corrected chi connectivity index (χ3v) is 1.77. The lowest BCUT2D eigenvalue weighted by Crippen LogP contribution is -2.15. The Kier molecular flexibility index (Phi) is 2.65. The van der Waals surface area contributed by atoms with Gasteiger partial charge in [-0.1, -0.05) is 0 Å². The molecule has 1 heterocycles. The van der Waals surface area contributed by atoms with Crippen LogP contribution in [-0.2, 0) is 6.42 Å². The van der Waals surface area contributed by atoms with E-state index in [4.69, 9.17) is 5.73 Å². The molecule has 0 spiro atoms. The molecule has 62 valence electrons. The molecule has 0 radical (unpaired) electrons. The van der Waals surface area contributed by atoms with Crippen LogP contribution < -0.4 is 5.73 Å². The minimum absolute atomic E-state index is 0.270. The minimum Gasteiger partial charge on any atom is -0.348 e. The summed E-state index contributed by atoms with van der Waals surface area (Å²) < 4.78 is 0. The molecule has 0 bridgehead atoms. The fourth-order valence-corrected chi connectivity index (χ4v) is 1.00. The predicted molar refractivity (Wildman–Crippen MR) is 45.3 cm³/mol. The van der Waals surface area contributed by atoms with Crippen LogP contribution in [0.15, 0.2) is 6.33 Å². The Morgan fingerprint density at radius 3 is 2.91 bits per heavy atom. The average Bonchev–Trinajstić information content (AvgIpc) is 2.31. The van der Waals surface area contributed by atoms with Crippen molar-refractivity contribution in [1.29, 1.82) is 0 Å². The molecule has 11 heavy (non-hydrogen) atoms. The van der Waals surface area contributed by atoms with Gasteiger partial charge >= 0.3 is 0 Å². The molecule has 1 rings (SSSR count). The largest absolute Gasteiger partial charge is 0.348 e. The third-order valence-electron chi connectivity index (χ3n) is 1.77. The van der Waals surface area contributed by atoms with E-state index in [1.807, 2.05) is 13.8 Å². The number of hydrogen-bond donors (Lipinski definition) is 2. The maximum Gasteiger partial charge on any atom is 0.0925 e. The first-order valence-electron chi connectivity index (χ1n) is 3.94. The molecule has 0 fully saturated rings. The maximum atomic E-state index is 5.62. The summed E-state index contributed by atoms with van der Waals surface area (Å²) in [5, 5.41) is 0. The van der Waals surface area contributed by atoms with E-state index >= 15 is 0 Å². The first kappa shape index (κ1) is 8.27. The Balaban J connectivity index is 2.44. The van der Waals surface area contributed by atoms with Gasteiger partial charge in [-0.2, -0.15) is 0 Å². The second kappa shape index (κ2) is 3.53. The van der Waals surface area contributed by atoms with Crippen molar-refractivity contribution in [3.05, 3.63) is 17.7 Å². The van der Waals surface area contributed by atoms with E-state index in [-0.39, 0.29) is 6.04 Å². The number of H-pyrrole nitrogens is 1. The predicted octanol–water partition coefficient (Wildman–Crippen LogP) is 0.998. The summed E-state index contributed by atoms with van der Waals surface area (Å²) in [5.74, 6) is 0. The summed E-state index contributed by atoms with van der Waals surface area (Å²) >= 11 is 0. The quantitative estimate of drug-likeness (QED) is 0.680. The fraction of sp³-hybridized carbons (Fsp3) is 0.625. The molecule has 3 heteroatoms. The second-order valence-electron chi connectivity index (χ2n) is 2.99. The van der Waals surface area contributed by atoms with E-state index in [2.05, 4.69) is 9.97 Å². The van der Waals surface area contributed by atoms with Gasteiger partial charge in [-0.05, 0) is 26.7 Å². The summed E-state index contributed by atoms with van der Waals surface area (Å²) in [5.41, 5.74) is 7.92. The van der Waals surface area contributed by atoms with E-state index in [1.54, 1.807) is 6.33 Å². The molecular formula is C8H15N3. The molecule has 3 nitrogen and oxygen atoms in total. The van der Waals surface area contributed by atoms with Crippen LogP contribution in [0.25, 0.3) is 0 Å². The zero-order valence-electron chi connectivity index (χ0n) is 7.09. The second-order valence-corrected chi connectivity index (χ2v) is 2.99. The topological polar surface area (TPSA) is 54.7 Å². The molecule has 0 saturated carbocycles. The van der Waals surface area contributed by atoms with Crippen LogP contribution in [0.4, 0.5) is 0 Å². The number of aromatic amines is 1. The maximum absolute atomic E-state index is 5.62. The fourth-order valence-electron chi connectivity index (χ4n) is 1.00. The van der Waals surface area contributed by atoms with Gasteiger partial charge in [-0.25, -0.2) is 4.98 Å². The Morgan fingerprint density at radius 1 is 1.73 bits per heavy atom. The Hall–Kier alpha value is -0.830. The zero-order chi connectivity index (χ0) is 8.27. The highest BCUT2D eigenvalue weighted by Crippen LogP contribution is 2.04. The van der Waals surface area contributed by atoms with Gasteiger partial charge in [0, 0.05) is 11.7 Å². The summed E-state index contributed by atoms with van der Waals surface area (Å²) in [6, 6.07) is 0.270. The zero-order valence-corrected chi connectivity index (χ0v) is 7.09. The highest BCUT2D eigenvalue weighted by Gasteiger charge is 2.01. The SMILES string of the molecule is Cc1[nH]cnc1CC[C@H](C)N. The number of nitrogens with one attached hydrogen (secondary N) is 1. The van der Waals surface area contributed by atoms with Crippen LogP contribution in [0.2, 0.25) is 0 Å². The lowest BCUT2D eigenvalue weighted by molar-refractivity contribution is 0.658. The standard InChI is InChI=1S/C8H15N3/c1-6(9)3-4-8-7(2)10-5-11-8/h5-6H,3-4,9H2,1-2H3,(H,10,11)/t6-/m0/s1. The van der Waals surface area contributed by atoms with Gasteiger partial charge in [0.05, 0.1) is 12.0 Å². The molecule has 1 aromatic rings. The summed E-state index contributed by atoms with van der Waals surface area (Å²) in [6.07, 6.45) is 3.71. The van der Waals surface area contributed by atoms with Crippen molar-refractivity contribution in [2.24, 2.45) is 5.73 Å². The van der Waals surface area contributed by atoms with Crippen molar-refractivity contribution in [1.82, 2.24) is 9.97 Å². The first-order valence-corrected chi connectivity index (χ1v) is 3.94. The van der Waals surface area contributed by atoms with Crippen LogP contribution in [0, 0.1) is 6.92 Å². The van der Waals surface area contributed by atoms with Gasteiger partial charge < -0.3 is 10.7 Å². The Labute approximate surface area is 67.0 Å². The van der Waals surface area contributed by atoms with Crippen molar-refractivity contribution >= 4 is 0 Å². The summed E-state index contributed by atoms with van der Waals surface area (Å²) in [7, 11) is 0. The van der Waals surface area contributed by atoms with Gasteiger partial charge in [-0.15, -0.1) is 0 Å². The minimum atomic E-state index is 0.270. The van der Waals surface area contributed by atoms with Gasteiger partial charge in [0.25, 0.3) is 0 Å². The van der Waals surface area contributed by atoms with Crippen LogP contribution >= 0.6 is 0 Å². The van der Waals surface area contributed by atoms with Gasteiger partial charge in [-0.3, -0.25) is 0 Å². The number of aryl methyl sites for hydroxylation is 2. The number of nitrogens with zero attached hydrogens (tertiary/aromatic N) is 1. The summed E-state index contributed by atoms with van der Waals surface area (Å²) in [6.45, 7) is 4.05. The van der Waals surface area contributed by atoms with E-state index in [1.165, 1.54) is 0 Å². The van der Waals surface area contributed by atoms with Gasteiger partial charge in [0.15, 0.2) is 0 Å². The Bertz CT molecular complexity index is 215. The van der Waals surface area contributed by atoms with Crippen LogP contribution in [0.1, 0.15) is 24.7 Å². The summed E-state index contributed by atoms with van der Waals surface area (Å²) in [4.78, 5) is 7.22. The number of hydrogen-bond acceptors (Lipinski definition) is 2. The molecular weight excluding hydrogens is 138 g/mol. The number of imidazole rings is 1. The highest BCUT2D eigenvalue weighted by molar-refractivity contribution is 5.08. The molecule has 1 atom stereocenters. The van der Waals surface area contributed by atoms with E-state index in [9.17, 15) is 0 Å². The van der Waals surface area contributed by atoms with Crippen LogP contribution in [0.3, 0.4) is 0 Å². The van der Waals surface area contributed by atoms with E-state index < -0.39 is 0 Å². The molecule has 0 saturated heterocycles. The molecule has 1 aromatic heterocycles. The van der Waals surface area contributed by atoms with E-state index in [0.29, 0.717) is 0 Å². The Morgan fingerprint density at radius 2 is 2.45 bits per heavy atom. The monoisotopic (exact) mass is 153 g/mol.